The number of nitrogens with zero attached hydrogens (tertiary/aromatic N) is 1. The van der Waals surface area contributed by atoms with Crippen LogP contribution in [0.3, 0.4) is 0 Å². The number of rotatable bonds is 3. The molecule has 3 rings (SSSR count). The van der Waals surface area contributed by atoms with Crippen LogP contribution < -0.4 is 9.64 Å². The highest BCUT2D eigenvalue weighted by molar-refractivity contribution is 8.00. The maximum Gasteiger partial charge on any atom is 0.237 e. The number of ether oxygens (including phenoxy) is 1. The maximum absolute atomic E-state index is 12.4. The smallest absolute Gasteiger partial charge is 0.237 e. The van der Waals surface area contributed by atoms with Gasteiger partial charge in [0.15, 0.2) is 0 Å². The molecule has 1 saturated carbocycles. The molecule has 0 spiro atoms. The standard InChI is InChI=1S/C15H19NO2S/c1-15(2)10-16(14(17)9-19-11-7-8-11)12-5-3-4-6-13(12)18-15/h3-6,11H,7-10H2,1-2H3. The summed E-state index contributed by atoms with van der Waals surface area (Å²) in [4.78, 5) is 14.3. The largest absolute Gasteiger partial charge is 0.484 e. The van der Waals surface area contributed by atoms with E-state index in [1.807, 2.05) is 43.0 Å². The van der Waals surface area contributed by atoms with Gasteiger partial charge in [0.1, 0.15) is 11.4 Å². The molecular formula is C15H19NO2S. The highest BCUT2D eigenvalue weighted by atomic mass is 32.2. The molecule has 1 aromatic rings. The Morgan fingerprint density at radius 2 is 2.16 bits per heavy atom. The fraction of sp³-hybridized carbons (Fsp3) is 0.533. The van der Waals surface area contributed by atoms with Crippen LogP contribution in [-0.2, 0) is 4.79 Å². The van der Waals surface area contributed by atoms with Crippen molar-refractivity contribution in [2.45, 2.75) is 37.5 Å². The highest BCUT2D eigenvalue weighted by Gasteiger charge is 2.35. The van der Waals surface area contributed by atoms with Crippen LogP contribution in [0.15, 0.2) is 24.3 Å². The monoisotopic (exact) mass is 277 g/mol. The molecule has 0 atom stereocenters. The van der Waals surface area contributed by atoms with E-state index in [1.165, 1.54) is 12.8 Å². The van der Waals surface area contributed by atoms with Crippen molar-refractivity contribution in [3.05, 3.63) is 24.3 Å². The summed E-state index contributed by atoms with van der Waals surface area (Å²) in [6.07, 6.45) is 2.53. The van der Waals surface area contributed by atoms with Crippen LogP contribution in [0.25, 0.3) is 0 Å². The normalized spacial score (nSPS) is 20.6. The summed E-state index contributed by atoms with van der Waals surface area (Å²) >= 11 is 1.79. The van der Waals surface area contributed by atoms with Gasteiger partial charge in [0, 0.05) is 5.25 Å². The van der Waals surface area contributed by atoms with E-state index in [1.54, 1.807) is 11.8 Å². The second-order valence-corrected chi connectivity index (χ2v) is 7.11. The van der Waals surface area contributed by atoms with E-state index in [4.69, 9.17) is 4.74 Å². The topological polar surface area (TPSA) is 29.5 Å². The summed E-state index contributed by atoms with van der Waals surface area (Å²) in [5.41, 5.74) is 0.581. The number of hydrogen-bond donors (Lipinski definition) is 0. The second-order valence-electron chi connectivity index (χ2n) is 5.82. The van der Waals surface area contributed by atoms with Crippen LogP contribution in [0.5, 0.6) is 5.75 Å². The first kappa shape index (κ1) is 12.9. The van der Waals surface area contributed by atoms with Gasteiger partial charge < -0.3 is 9.64 Å². The van der Waals surface area contributed by atoms with E-state index in [9.17, 15) is 4.79 Å². The van der Waals surface area contributed by atoms with Gasteiger partial charge in [0.25, 0.3) is 0 Å². The Balaban J connectivity index is 1.80. The first-order valence-electron chi connectivity index (χ1n) is 6.75. The fourth-order valence-corrected chi connectivity index (χ4v) is 3.29. The van der Waals surface area contributed by atoms with Gasteiger partial charge in [-0.1, -0.05) is 12.1 Å². The molecule has 0 N–H and O–H groups in total. The lowest BCUT2D eigenvalue weighted by Gasteiger charge is -2.39. The minimum atomic E-state index is -0.325. The van der Waals surface area contributed by atoms with Crippen LogP contribution in [-0.4, -0.2) is 29.1 Å². The van der Waals surface area contributed by atoms with Crippen molar-refractivity contribution in [1.29, 1.82) is 0 Å². The van der Waals surface area contributed by atoms with Gasteiger partial charge in [-0.05, 0) is 38.8 Å². The number of anilines is 1. The predicted octanol–water partition coefficient (Wildman–Crippen LogP) is 3.09. The van der Waals surface area contributed by atoms with Gasteiger partial charge in [0.2, 0.25) is 5.91 Å². The first-order valence-corrected chi connectivity index (χ1v) is 7.80. The average molecular weight is 277 g/mol. The molecule has 1 aromatic carbocycles. The fourth-order valence-electron chi connectivity index (χ4n) is 2.29. The van der Waals surface area contributed by atoms with Gasteiger partial charge in [-0.3, -0.25) is 4.79 Å². The van der Waals surface area contributed by atoms with Crippen molar-refractivity contribution in [3.8, 4) is 5.75 Å². The lowest BCUT2D eigenvalue weighted by molar-refractivity contribution is -0.117. The van der Waals surface area contributed by atoms with E-state index in [0.717, 1.165) is 11.4 Å². The zero-order valence-electron chi connectivity index (χ0n) is 11.4. The van der Waals surface area contributed by atoms with Gasteiger partial charge in [-0.25, -0.2) is 0 Å². The predicted molar refractivity (Wildman–Crippen MR) is 79.0 cm³/mol. The minimum absolute atomic E-state index is 0.195. The summed E-state index contributed by atoms with van der Waals surface area (Å²) in [5, 5.41) is 0.716. The molecule has 1 heterocycles. The van der Waals surface area contributed by atoms with Crippen LogP contribution in [0.4, 0.5) is 5.69 Å². The van der Waals surface area contributed by atoms with Gasteiger partial charge in [-0.2, -0.15) is 0 Å². The summed E-state index contributed by atoms with van der Waals surface area (Å²) < 4.78 is 5.94. The van der Waals surface area contributed by atoms with E-state index >= 15 is 0 Å². The zero-order chi connectivity index (χ0) is 13.5. The minimum Gasteiger partial charge on any atom is -0.484 e. The first-order chi connectivity index (χ1) is 9.05. The van der Waals surface area contributed by atoms with Crippen LogP contribution in [0.1, 0.15) is 26.7 Å². The van der Waals surface area contributed by atoms with Gasteiger partial charge >= 0.3 is 0 Å². The Hall–Kier alpha value is -1.16. The van der Waals surface area contributed by atoms with Crippen molar-refractivity contribution in [2.75, 3.05) is 17.2 Å². The number of amides is 1. The number of benzene rings is 1. The van der Waals surface area contributed by atoms with Gasteiger partial charge in [-0.15, -0.1) is 11.8 Å². The molecule has 1 fully saturated rings. The van der Waals surface area contributed by atoms with E-state index in [-0.39, 0.29) is 11.5 Å². The molecule has 1 amide bonds. The summed E-state index contributed by atoms with van der Waals surface area (Å²) in [6.45, 7) is 4.67. The quantitative estimate of drug-likeness (QED) is 0.850. The van der Waals surface area contributed by atoms with Crippen LogP contribution in [0, 0.1) is 0 Å². The van der Waals surface area contributed by atoms with E-state index < -0.39 is 0 Å². The van der Waals surface area contributed by atoms with Gasteiger partial charge in [0.05, 0.1) is 18.0 Å². The van der Waals surface area contributed by atoms with Crippen molar-refractivity contribution in [3.63, 3.8) is 0 Å². The molecule has 0 aromatic heterocycles. The van der Waals surface area contributed by atoms with Crippen LogP contribution in [0.2, 0.25) is 0 Å². The van der Waals surface area contributed by atoms with Crippen molar-refractivity contribution in [2.24, 2.45) is 0 Å². The number of fused-ring (bicyclic) bond motifs is 1. The average Bonchev–Trinajstić information content (AvgIpc) is 3.18. The molecule has 0 bridgehead atoms. The third kappa shape index (κ3) is 2.89. The molecule has 0 saturated heterocycles. The number of hydrogen-bond acceptors (Lipinski definition) is 3. The highest BCUT2D eigenvalue weighted by Crippen LogP contribution is 2.38. The molecule has 1 aliphatic carbocycles. The number of para-hydroxylation sites is 2. The molecule has 1 aliphatic heterocycles. The molecule has 0 radical (unpaired) electrons. The maximum atomic E-state index is 12.4. The molecule has 3 nitrogen and oxygen atoms in total. The van der Waals surface area contributed by atoms with Crippen LogP contribution >= 0.6 is 11.8 Å². The zero-order valence-corrected chi connectivity index (χ0v) is 12.2. The third-order valence-electron chi connectivity index (χ3n) is 3.35. The van der Waals surface area contributed by atoms with E-state index in [2.05, 4.69) is 0 Å². The summed E-state index contributed by atoms with van der Waals surface area (Å²) in [5.74, 6) is 1.58. The number of carbonyl (C=O) groups is 1. The summed E-state index contributed by atoms with van der Waals surface area (Å²) in [6, 6.07) is 7.80. The summed E-state index contributed by atoms with van der Waals surface area (Å²) in [7, 11) is 0. The Bertz CT molecular complexity index is 497. The number of thioether (sulfide) groups is 1. The molecule has 102 valence electrons. The second kappa shape index (κ2) is 4.75. The Morgan fingerprint density at radius 1 is 1.42 bits per heavy atom. The lowest BCUT2D eigenvalue weighted by Crippen LogP contribution is -2.49. The Kier molecular flexibility index (Phi) is 3.21. The molecule has 4 heteroatoms. The third-order valence-corrected chi connectivity index (χ3v) is 4.71. The van der Waals surface area contributed by atoms with Crippen molar-refractivity contribution < 1.29 is 9.53 Å². The molecule has 0 unspecified atom stereocenters. The SMILES string of the molecule is CC1(C)CN(C(=O)CSC2CC2)c2ccccc2O1. The number of carbonyl (C=O) groups excluding carboxylic acids is 1. The van der Waals surface area contributed by atoms with E-state index in [0.29, 0.717) is 17.5 Å². The molecule has 19 heavy (non-hydrogen) atoms. The molecular weight excluding hydrogens is 258 g/mol. The van der Waals surface area contributed by atoms with Crippen molar-refractivity contribution >= 4 is 23.4 Å². The molecule has 2 aliphatic rings. The lowest BCUT2D eigenvalue weighted by atomic mass is 10.1. The Labute approximate surface area is 118 Å². The van der Waals surface area contributed by atoms with Crippen molar-refractivity contribution in [1.82, 2.24) is 0 Å². The Morgan fingerprint density at radius 3 is 2.89 bits per heavy atom.